The zero-order valence-corrected chi connectivity index (χ0v) is 25.9. The van der Waals surface area contributed by atoms with Gasteiger partial charge in [0.05, 0.1) is 10.6 Å². The SMILES string of the molecule is Cc1ccsc1C(=O)Nc1ccc(C(=O)N2CCC(F)(F)/C(=C\C(=O)N3CCC(N(C)C)CC3)c3ccccc32)cc1.Cl. The lowest BCUT2D eigenvalue weighted by molar-refractivity contribution is -0.127. The van der Waals surface area contributed by atoms with Gasteiger partial charge in [-0.3, -0.25) is 14.4 Å². The van der Waals surface area contributed by atoms with E-state index in [4.69, 9.17) is 0 Å². The normalized spacial score (nSPS) is 17.7. The number of hydrogen-bond donors (Lipinski definition) is 1. The van der Waals surface area contributed by atoms with Crippen molar-refractivity contribution >= 4 is 58.4 Å². The third-order valence-corrected chi connectivity index (χ3v) is 9.02. The maximum atomic E-state index is 15.6. The number of halogens is 3. The van der Waals surface area contributed by atoms with E-state index in [1.54, 1.807) is 47.4 Å². The monoisotopic (exact) mass is 628 g/mol. The number of aryl methyl sites for hydroxylation is 1. The molecule has 0 saturated carbocycles. The van der Waals surface area contributed by atoms with Crippen LogP contribution in [0.15, 0.2) is 66.1 Å². The van der Waals surface area contributed by atoms with E-state index in [2.05, 4.69) is 10.2 Å². The molecule has 228 valence electrons. The maximum absolute atomic E-state index is 15.6. The van der Waals surface area contributed by atoms with Crippen LogP contribution >= 0.6 is 23.7 Å². The summed E-state index contributed by atoms with van der Waals surface area (Å²) in [4.78, 5) is 45.1. The number of carbonyl (C=O) groups excluding carboxylic acids is 3. The highest BCUT2D eigenvalue weighted by Crippen LogP contribution is 2.43. The molecule has 0 bridgehead atoms. The van der Waals surface area contributed by atoms with Crippen molar-refractivity contribution in [2.75, 3.05) is 43.9 Å². The molecule has 0 unspecified atom stereocenters. The topological polar surface area (TPSA) is 73.0 Å². The second-order valence-electron chi connectivity index (χ2n) is 11.0. The van der Waals surface area contributed by atoms with E-state index in [0.717, 1.165) is 24.5 Å². The molecule has 1 N–H and O–H groups in total. The molecule has 2 aliphatic heterocycles. The minimum Gasteiger partial charge on any atom is -0.339 e. The Morgan fingerprint density at radius 2 is 1.67 bits per heavy atom. The Balaban J connectivity index is 0.00000423. The third kappa shape index (κ3) is 6.98. The highest BCUT2D eigenvalue weighted by atomic mass is 35.5. The number of para-hydroxylation sites is 1. The molecule has 1 saturated heterocycles. The molecule has 3 heterocycles. The van der Waals surface area contributed by atoms with Crippen molar-refractivity contribution in [1.82, 2.24) is 9.80 Å². The van der Waals surface area contributed by atoms with Crippen molar-refractivity contribution in [2.45, 2.75) is 38.2 Å². The first-order valence-electron chi connectivity index (χ1n) is 14.0. The van der Waals surface area contributed by atoms with Crippen LogP contribution in [-0.4, -0.2) is 73.2 Å². The van der Waals surface area contributed by atoms with E-state index in [0.29, 0.717) is 40.9 Å². The van der Waals surface area contributed by atoms with E-state index in [-0.39, 0.29) is 36.0 Å². The molecular formula is C32H35ClF2N4O3S. The quantitative estimate of drug-likeness (QED) is 0.334. The van der Waals surface area contributed by atoms with Gasteiger partial charge < -0.3 is 20.0 Å². The summed E-state index contributed by atoms with van der Waals surface area (Å²) in [5.74, 6) is -4.42. The van der Waals surface area contributed by atoms with Crippen LogP contribution in [0, 0.1) is 6.92 Å². The van der Waals surface area contributed by atoms with Crippen LogP contribution in [0.5, 0.6) is 0 Å². The molecule has 2 aromatic carbocycles. The van der Waals surface area contributed by atoms with Crippen LogP contribution in [0.1, 0.15) is 50.4 Å². The van der Waals surface area contributed by atoms with Gasteiger partial charge in [-0.15, -0.1) is 23.7 Å². The molecule has 7 nitrogen and oxygen atoms in total. The van der Waals surface area contributed by atoms with Gasteiger partial charge in [0.2, 0.25) is 5.91 Å². The first kappa shape index (κ1) is 32.3. The summed E-state index contributed by atoms with van der Waals surface area (Å²) in [6, 6.07) is 15.1. The smallest absolute Gasteiger partial charge is 0.275 e. The second kappa shape index (κ2) is 13.4. The van der Waals surface area contributed by atoms with E-state index >= 15 is 8.78 Å². The summed E-state index contributed by atoms with van der Waals surface area (Å²) in [5.41, 5.74) is 1.83. The Morgan fingerprint density at radius 3 is 2.30 bits per heavy atom. The van der Waals surface area contributed by atoms with Crippen LogP contribution in [0.2, 0.25) is 0 Å². The fraction of sp³-hybridized carbons (Fsp3) is 0.344. The molecule has 0 atom stereocenters. The number of fused-ring (bicyclic) bond motifs is 1. The number of rotatable bonds is 5. The molecule has 1 fully saturated rings. The fourth-order valence-corrected chi connectivity index (χ4v) is 6.32. The summed E-state index contributed by atoms with van der Waals surface area (Å²) in [6.07, 6.45) is 2.01. The summed E-state index contributed by atoms with van der Waals surface area (Å²) in [6.45, 7) is 2.65. The average molecular weight is 629 g/mol. The van der Waals surface area contributed by atoms with Gasteiger partial charge in [-0.2, -0.15) is 0 Å². The van der Waals surface area contributed by atoms with Crippen molar-refractivity contribution in [2.24, 2.45) is 0 Å². The lowest BCUT2D eigenvalue weighted by Crippen LogP contribution is -2.44. The van der Waals surface area contributed by atoms with Crippen molar-refractivity contribution in [1.29, 1.82) is 0 Å². The van der Waals surface area contributed by atoms with Gasteiger partial charge in [0, 0.05) is 60.6 Å². The van der Waals surface area contributed by atoms with Gasteiger partial charge in [-0.1, -0.05) is 18.2 Å². The number of thiophene rings is 1. The molecule has 5 rings (SSSR count). The Bertz CT molecular complexity index is 1510. The molecule has 1 aromatic heterocycles. The minimum absolute atomic E-state index is 0. The fourth-order valence-electron chi connectivity index (χ4n) is 5.50. The predicted octanol–water partition coefficient (Wildman–Crippen LogP) is 6.35. The summed E-state index contributed by atoms with van der Waals surface area (Å²) in [5, 5.41) is 4.67. The number of piperidine rings is 1. The zero-order valence-electron chi connectivity index (χ0n) is 24.3. The number of nitrogens with zero attached hydrogens (tertiary/aromatic N) is 3. The number of carbonyl (C=O) groups is 3. The Morgan fingerprint density at radius 1 is 1.00 bits per heavy atom. The third-order valence-electron chi connectivity index (χ3n) is 8.01. The summed E-state index contributed by atoms with van der Waals surface area (Å²) in [7, 11) is 4.00. The average Bonchev–Trinajstić information content (AvgIpc) is 3.38. The molecule has 11 heteroatoms. The van der Waals surface area contributed by atoms with Crippen molar-refractivity contribution < 1.29 is 23.2 Å². The minimum atomic E-state index is -3.31. The van der Waals surface area contributed by atoms with Gasteiger partial charge in [0.15, 0.2) is 0 Å². The van der Waals surface area contributed by atoms with Gasteiger partial charge in [-0.05, 0) is 81.2 Å². The van der Waals surface area contributed by atoms with Crippen molar-refractivity contribution in [3.05, 3.63) is 87.6 Å². The molecule has 0 aliphatic carbocycles. The zero-order chi connectivity index (χ0) is 30.0. The van der Waals surface area contributed by atoms with E-state index < -0.39 is 24.2 Å². The van der Waals surface area contributed by atoms with Gasteiger partial charge in [0.1, 0.15) is 0 Å². The lowest BCUT2D eigenvalue weighted by Gasteiger charge is -2.35. The molecule has 2 aliphatic rings. The number of hydrogen-bond acceptors (Lipinski definition) is 5. The first-order chi connectivity index (χ1) is 20.0. The number of anilines is 2. The molecule has 43 heavy (non-hydrogen) atoms. The molecule has 0 radical (unpaired) electrons. The number of allylic oxidation sites excluding steroid dienone is 1. The second-order valence-corrected chi connectivity index (χ2v) is 11.9. The Kier molecular flexibility index (Phi) is 10.0. The van der Waals surface area contributed by atoms with E-state index in [1.807, 2.05) is 32.5 Å². The number of benzene rings is 2. The standard InChI is InChI=1S/C32H34F2N4O3S.ClH/c1-21-14-19-42-29(21)30(40)35-23-10-8-22(9-11-23)31(41)38-18-15-32(33,34)26(25-6-4-5-7-27(25)38)20-28(39)37-16-12-24(13-17-37)36(2)3;/h4-11,14,19-20,24H,12-13,15-18H2,1-3H3,(H,35,40);1H/b26-20-;. The van der Waals surface area contributed by atoms with Crippen molar-refractivity contribution in [3.8, 4) is 0 Å². The van der Waals surface area contributed by atoms with E-state index in [1.165, 1.54) is 22.3 Å². The number of alkyl halides is 2. The Labute approximate surface area is 260 Å². The van der Waals surface area contributed by atoms with Gasteiger partial charge in [0.25, 0.3) is 17.7 Å². The number of likely N-dealkylation sites (tertiary alicyclic amines) is 1. The number of amides is 3. The van der Waals surface area contributed by atoms with Gasteiger partial charge in [-0.25, -0.2) is 8.78 Å². The summed E-state index contributed by atoms with van der Waals surface area (Å²) >= 11 is 1.35. The van der Waals surface area contributed by atoms with Crippen LogP contribution in [-0.2, 0) is 4.79 Å². The highest BCUT2D eigenvalue weighted by Gasteiger charge is 2.42. The van der Waals surface area contributed by atoms with Crippen LogP contribution in [0.3, 0.4) is 0 Å². The largest absolute Gasteiger partial charge is 0.339 e. The van der Waals surface area contributed by atoms with Gasteiger partial charge >= 0.3 is 0 Å². The molecular weight excluding hydrogens is 594 g/mol. The Hall–Kier alpha value is -3.60. The van der Waals surface area contributed by atoms with Crippen LogP contribution in [0.4, 0.5) is 20.2 Å². The summed E-state index contributed by atoms with van der Waals surface area (Å²) < 4.78 is 31.3. The highest BCUT2D eigenvalue weighted by molar-refractivity contribution is 7.12. The predicted molar refractivity (Wildman–Crippen MR) is 170 cm³/mol. The maximum Gasteiger partial charge on any atom is 0.275 e. The first-order valence-corrected chi connectivity index (χ1v) is 14.9. The molecule has 0 spiro atoms. The van der Waals surface area contributed by atoms with E-state index in [9.17, 15) is 14.4 Å². The lowest BCUT2D eigenvalue weighted by atomic mass is 9.96. The number of nitrogens with one attached hydrogen (secondary N) is 1. The molecule has 3 aromatic rings. The molecule has 3 amide bonds. The van der Waals surface area contributed by atoms with Crippen molar-refractivity contribution in [3.63, 3.8) is 0 Å². The van der Waals surface area contributed by atoms with Crippen LogP contribution in [0.25, 0.3) is 5.57 Å². The van der Waals surface area contributed by atoms with Crippen LogP contribution < -0.4 is 10.2 Å².